The van der Waals surface area contributed by atoms with E-state index >= 15 is 0 Å². The molecule has 0 aliphatic carbocycles. The van der Waals surface area contributed by atoms with Crippen molar-refractivity contribution in [3.63, 3.8) is 0 Å². The number of rotatable bonds is 2. The number of nitrogens with zero attached hydrogens (tertiary/aromatic N) is 1. The van der Waals surface area contributed by atoms with Crippen LogP contribution < -0.4 is 5.32 Å². The van der Waals surface area contributed by atoms with Gasteiger partial charge in [-0.2, -0.15) is 0 Å². The number of nitrogens with one attached hydrogen (secondary N) is 1. The molecule has 0 unspecified atom stereocenters. The monoisotopic (exact) mass is 174 g/mol. The molecule has 1 aliphatic rings. The summed E-state index contributed by atoms with van der Waals surface area (Å²) in [7, 11) is 0. The fourth-order valence-electron chi connectivity index (χ4n) is 1.65. The number of para-hydroxylation sites is 1. The fourth-order valence-corrected chi connectivity index (χ4v) is 1.65. The third-order valence-corrected chi connectivity index (χ3v) is 2.27. The average molecular weight is 174 g/mol. The van der Waals surface area contributed by atoms with Crippen LogP contribution in [0.1, 0.15) is 12.5 Å². The van der Waals surface area contributed by atoms with Crippen molar-refractivity contribution in [2.45, 2.75) is 19.4 Å². The van der Waals surface area contributed by atoms with Gasteiger partial charge in [-0.25, -0.2) is 0 Å². The lowest BCUT2D eigenvalue weighted by Crippen LogP contribution is -2.16. The Morgan fingerprint density at radius 1 is 1.54 bits per heavy atom. The Kier molecular flexibility index (Phi) is 2.30. The number of aliphatic imine (C=N–C) groups is 1. The van der Waals surface area contributed by atoms with Crippen LogP contribution in [0.25, 0.3) is 0 Å². The maximum absolute atomic E-state index is 4.25. The number of hydrogen-bond acceptors (Lipinski definition) is 2. The topological polar surface area (TPSA) is 24.4 Å². The molecule has 2 rings (SSSR count). The minimum Gasteiger partial charge on any atom is -0.377 e. The summed E-state index contributed by atoms with van der Waals surface area (Å²) >= 11 is 0. The Morgan fingerprint density at radius 3 is 3.15 bits per heavy atom. The maximum Gasteiger partial charge on any atom is 0.0652 e. The Balaban J connectivity index is 2.09. The van der Waals surface area contributed by atoms with Gasteiger partial charge in [0.25, 0.3) is 0 Å². The van der Waals surface area contributed by atoms with Crippen LogP contribution in [-0.4, -0.2) is 18.8 Å². The van der Waals surface area contributed by atoms with Crippen molar-refractivity contribution in [1.82, 2.24) is 0 Å². The van der Waals surface area contributed by atoms with E-state index in [0.717, 1.165) is 13.0 Å². The minimum atomic E-state index is 0.400. The molecule has 1 aromatic carbocycles. The SMILES string of the molecule is CCN=C[C@H]1Cc2ccccc2N1. The molecule has 1 aliphatic heterocycles. The average Bonchev–Trinajstić information content (AvgIpc) is 2.57. The zero-order valence-corrected chi connectivity index (χ0v) is 7.83. The highest BCUT2D eigenvalue weighted by molar-refractivity contribution is 5.74. The van der Waals surface area contributed by atoms with Crippen LogP contribution in [-0.2, 0) is 6.42 Å². The first-order valence-corrected chi connectivity index (χ1v) is 4.74. The molecule has 13 heavy (non-hydrogen) atoms. The molecule has 68 valence electrons. The van der Waals surface area contributed by atoms with Gasteiger partial charge in [-0.15, -0.1) is 0 Å². The molecule has 0 spiro atoms. The molecular weight excluding hydrogens is 160 g/mol. The highest BCUT2D eigenvalue weighted by Crippen LogP contribution is 2.24. The van der Waals surface area contributed by atoms with Crippen LogP contribution in [0.2, 0.25) is 0 Å². The Morgan fingerprint density at radius 2 is 2.38 bits per heavy atom. The van der Waals surface area contributed by atoms with Gasteiger partial charge in [-0.3, -0.25) is 4.99 Å². The fraction of sp³-hybridized carbons (Fsp3) is 0.364. The molecule has 2 nitrogen and oxygen atoms in total. The van der Waals surface area contributed by atoms with E-state index in [1.165, 1.54) is 11.3 Å². The third kappa shape index (κ3) is 1.72. The highest BCUT2D eigenvalue weighted by atomic mass is 15.0. The summed E-state index contributed by atoms with van der Waals surface area (Å²) in [4.78, 5) is 4.25. The van der Waals surface area contributed by atoms with E-state index in [4.69, 9.17) is 0 Å². The lowest BCUT2D eigenvalue weighted by atomic mass is 10.1. The summed E-state index contributed by atoms with van der Waals surface area (Å²) in [6, 6.07) is 8.83. The molecule has 0 amide bonds. The molecule has 1 heterocycles. The van der Waals surface area contributed by atoms with Crippen LogP contribution >= 0.6 is 0 Å². The Bertz CT molecular complexity index is 293. The van der Waals surface area contributed by atoms with Crippen LogP contribution in [0.5, 0.6) is 0 Å². The summed E-state index contributed by atoms with van der Waals surface area (Å²) in [5.41, 5.74) is 2.66. The van der Waals surface area contributed by atoms with Crippen LogP contribution in [0.3, 0.4) is 0 Å². The molecule has 0 saturated heterocycles. The highest BCUT2D eigenvalue weighted by Gasteiger charge is 2.17. The predicted octanol–water partition coefficient (Wildman–Crippen LogP) is 2.11. The lowest BCUT2D eigenvalue weighted by Gasteiger charge is -2.02. The molecule has 0 saturated carbocycles. The van der Waals surface area contributed by atoms with Gasteiger partial charge in [-0.1, -0.05) is 18.2 Å². The number of anilines is 1. The first-order chi connectivity index (χ1) is 6.40. The summed E-state index contributed by atoms with van der Waals surface area (Å²) < 4.78 is 0. The molecule has 0 bridgehead atoms. The lowest BCUT2D eigenvalue weighted by molar-refractivity contribution is 0.972. The summed E-state index contributed by atoms with van der Waals surface area (Å²) in [5.74, 6) is 0. The number of hydrogen-bond donors (Lipinski definition) is 1. The standard InChI is InChI=1S/C11H14N2/c1-2-12-8-10-7-9-5-3-4-6-11(9)13-10/h3-6,8,10,13H,2,7H2,1H3/t10-/m1/s1. The van der Waals surface area contributed by atoms with Crippen molar-refractivity contribution >= 4 is 11.9 Å². The second-order valence-electron chi connectivity index (χ2n) is 3.26. The first-order valence-electron chi connectivity index (χ1n) is 4.74. The smallest absolute Gasteiger partial charge is 0.0652 e. The molecule has 1 atom stereocenters. The van der Waals surface area contributed by atoms with E-state index in [-0.39, 0.29) is 0 Å². The predicted molar refractivity (Wildman–Crippen MR) is 56.6 cm³/mol. The van der Waals surface area contributed by atoms with E-state index in [0.29, 0.717) is 6.04 Å². The summed E-state index contributed by atoms with van der Waals surface area (Å²) in [6.45, 7) is 2.92. The van der Waals surface area contributed by atoms with Crippen LogP contribution in [0.4, 0.5) is 5.69 Å². The molecular formula is C11H14N2. The molecule has 0 radical (unpaired) electrons. The van der Waals surface area contributed by atoms with E-state index in [1.54, 1.807) is 0 Å². The molecule has 1 aromatic rings. The molecule has 1 N–H and O–H groups in total. The second-order valence-corrected chi connectivity index (χ2v) is 3.26. The van der Waals surface area contributed by atoms with Crippen molar-refractivity contribution in [2.75, 3.05) is 11.9 Å². The molecule has 0 aromatic heterocycles. The van der Waals surface area contributed by atoms with Crippen molar-refractivity contribution in [3.05, 3.63) is 29.8 Å². The summed E-state index contributed by atoms with van der Waals surface area (Å²) in [5, 5.41) is 3.42. The van der Waals surface area contributed by atoms with E-state index in [9.17, 15) is 0 Å². The molecule has 2 heteroatoms. The van der Waals surface area contributed by atoms with Gasteiger partial charge in [0.15, 0.2) is 0 Å². The Hall–Kier alpha value is -1.31. The van der Waals surface area contributed by atoms with Crippen LogP contribution in [0.15, 0.2) is 29.3 Å². The normalized spacial score (nSPS) is 20.2. The maximum atomic E-state index is 4.25. The van der Waals surface area contributed by atoms with Gasteiger partial charge in [0.05, 0.1) is 6.04 Å². The van der Waals surface area contributed by atoms with Gasteiger partial charge in [0, 0.05) is 18.4 Å². The third-order valence-electron chi connectivity index (χ3n) is 2.27. The van der Waals surface area contributed by atoms with Gasteiger partial charge >= 0.3 is 0 Å². The summed E-state index contributed by atoms with van der Waals surface area (Å²) in [6.07, 6.45) is 3.08. The van der Waals surface area contributed by atoms with Crippen molar-refractivity contribution in [1.29, 1.82) is 0 Å². The first kappa shape index (κ1) is 8.30. The van der Waals surface area contributed by atoms with E-state index in [2.05, 4.69) is 41.5 Å². The second kappa shape index (κ2) is 3.60. The molecule has 0 fully saturated rings. The largest absolute Gasteiger partial charge is 0.377 e. The minimum absolute atomic E-state index is 0.400. The van der Waals surface area contributed by atoms with Gasteiger partial charge in [-0.05, 0) is 25.0 Å². The van der Waals surface area contributed by atoms with Crippen molar-refractivity contribution < 1.29 is 0 Å². The zero-order valence-electron chi connectivity index (χ0n) is 7.83. The zero-order chi connectivity index (χ0) is 9.10. The van der Waals surface area contributed by atoms with Crippen molar-refractivity contribution in [2.24, 2.45) is 4.99 Å². The number of fused-ring (bicyclic) bond motifs is 1. The number of benzene rings is 1. The quantitative estimate of drug-likeness (QED) is 0.682. The van der Waals surface area contributed by atoms with Crippen LogP contribution in [0, 0.1) is 0 Å². The van der Waals surface area contributed by atoms with Gasteiger partial charge < -0.3 is 5.32 Å². The van der Waals surface area contributed by atoms with E-state index < -0.39 is 0 Å². The Labute approximate surface area is 78.7 Å². The van der Waals surface area contributed by atoms with Gasteiger partial charge in [0.1, 0.15) is 0 Å². The van der Waals surface area contributed by atoms with Crippen molar-refractivity contribution in [3.8, 4) is 0 Å². The van der Waals surface area contributed by atoms with Gasteiger partial charge in [0.2, 0.25) is 0 Å². The van der Waals surface area contributed by atoms with E-state index in [1.807, 2.05) is 6.21 Å².